The van der Waals surface area contributed by atoms with Crippen LogP contribution < -0.4 is 0 Å². The van der Waals surface area contributed by atoms with Gasteiger partial charge in [0.2, 0.25) is 0 Å². The second kappa shape index (κ2) is 5.07. The highest BCUT2D eigenvalue weighted by Gasteiger charge is 2.32. The van der Waals surface area contributed by atoms with Crippen molar-refractivity contribution in [2.24, 2.45) is 5.92 Å². The van der Waals surface area contributed by atoms with Crippen molar-refractivity contribution < 1.29 is 4.79 Å². The van der Waals surface area contributed by atoms with Crippen LogP contribution in [0.1, 0.15) is 38.5 Å². The Bertz CT molecular complexity index is 280. The van der Waals surface area contributed by atoms with Crippen molar-refractivity contribution in [1.82, 2.24) is 9.80 Å². The Morgan fingerprint density at radius 2 is 1.76 bits per heavy atom. The van der Waals surface area contributed by atoms with Crippen LogP contribution in [0.2, 0.25) is 0 Å². The van der Waals surface area contributed by atoms with Gasteiger partial charge in [0.05, 0.1) is 0 Å². The maximum Gasteiger partial charge on any atom is 0.137 e. The molecule has 3 rings (SSSR count). The first-order valence-electron chi connectivity index (χ1n) is 7.32. The van der Waals surface area contributed by atoms with E-state index in [1.165, 1.54) is 45.4 Å². The van der Waals surface area contributed by atoms with E-state index in [-0.39, 0.29) is 0 Å². The van der Waals surface area contributed by atoms with Gasteiger partial charge in [-0.2, -0.15) is 0 Å². The monoisotopic (exact) mass is 236 g/mol. The first-order valence-corrected chi connectivity index (χ1v) is 7.32. The highest BCUT2D eigenvalue weighted by atomic mass is 16.1. The van der Waals surface area contributed by atoms with Gasteiger partial charge in [0.1, 0.15) is 5.78 Å². The van der Waals surface area contributed by atoms with Gasteiger partial charge in [-0.05, 0) is 25.7 Å². The molecule has 2 aliphatic carbocycles. The molecule has 96 valence electrons. The molecule has 17 heavy (non-hydrogen) atoms. The first-order chi connectivity index (χ1) is 8.33. The predicted molar refractivity (Wildman–Crippen MR) is 68.0 cm³/mol. The number of ketones is 1. The summed E-state index contributed by atoms with van der Waals surface area (Å²) in [6.45, 7) is 5.86. The smallest absolute Gasteiger partial charge is 0.137 e. The zero-order valence-corrected chi connectivity index (χ0v) is 10.7. The summed E-state index contributed by atoms with van der Waals surface area (Å²) >= 11 is 0. The molecule has 0 bridgehead atoms. The van der Waals surface area contributed by atoms with Crippen molar-refractivity contribution in [3.05, 3.63) is 0 Å². The van der Waals surface area contributed by atoms with Crippen LogP contribution >= 0.6 is 0 Å². The van der Waals surface area contributed by atoms with Crippen LogP contribution in [0.15, 0.2) is 0 Å². The molecule has 3 fully saturated rings. The third kappa shape index (κ3) is 2.89. The van der Waals surface area contributed by atoms with Gasteiger partial charge >= 0.3 is 0 Å². The molecule has 1 atom stereocenters. The van der Waals surface area contributed by atoms with Crippen molar-refractivity contribution in [2.45, 2.75) is 44.6 Å². The number of rotatable bonds is 3. The lowest BCUT2D eigenvalue weighted by Gasteiger charge is -2.36. The lowest BCUT2D eigenvalue weighted by molar-refractivity contribution is -0.125. The van der Waals surface area contributed by atoms with Crippen molar-refractivity contribution >= 4 is 5.78 Å². The van der Waals surface area contributed by atoms with Crippen molar-refractivity contribution in [3.63, 3.8) is 0 Å². The Labute approximate surface area is 104 Å². The molecule has 3 aliphatic rings. The molecule has 0 aromatic carbocycles. The first kappa shape index (κ1) is 11.7. The minimum atomic E-state index is 0.358. The number of Topliss-reactive ketones (excluding diaryl/α,β-unsaturated/α-hetero) is 1. The van der Waals surface area contributed by atoms with Crippen LogP contribution in [-0.2, 0) is 4.79 Å². The van der Waals surface area contributed by atoms with Crippen LogP contribution in [0, 0.1) is 5.92 Å². The summed E-state index contributed by atoms with van der Waals surface area (Å²) in [6, 6.07) is 0.911. The SMILES string of the molecule is O=C1CCCCC1CN1CCN(C2CC2)CC1. The molecule has 1 saturated heterocycles. The standard InChI is InChI=1S/C14H24N2O/c17-14-4-2-1-3-12(14)11-15-7-9-16(10-8-15)13-5-6-13/h12-13H,1-11H2. The fourth-order valence-electron chi connectivity index (χ4n) is 3.31. The van der Waals surface area contributed by atoms with Gasteiger partial charge in [-0.15, -0.1) is 0 Å². The van der Waals surface area contributed by atoms with E-state index < -0.39 is 0 Å². The molecule has 2 saturated carbocycles. The number of piperazine rings is 1. The minimum absolute atomic E-state index is 0.358. The topological polar surface area (TPSA) is 23.6 Å². The molecular formula is C14H24N2O. The third-order valence-corrected chi connectivity index (χ3v) is 4.63. The van der Waals surface area contributed by atoms with E-state index in [1.807, 2.05) is 0 Å². The Hall–Kier alpha value is -0.410. The lowest BCUT2D eigenvalue weighted by Crippen LogP contribution is -2.49. The summed E-state index contributed by atoms with van der Waals surface area (Å²) in [5.41, 5.74) is 0. The molecule has 0 aromatic rings. The van der Waals surface area contributed by atoms with E-state index in [0.717, 1.165) is 31.8 Å². The summed E-state index contributed by atoms with van der Waals surface area (Å²) in [5.74, 6) is 0.886. The van der Waals surface area contributed by atoms with E-state index in [0.29, 0.717) is 11.7 Å². The number of carbonyl (C=O) groups is 1. The van der Waals surface area contributed by atoms with Crippen LogP contribution in [0.5, 0.6) is 0 Å². The molecule has 1 aliphatic heterocycles. The van der Waals surface area contributed by atoms with Gasteiger partial charge in [-0.1, -0.05) is 6.42 Å². The van der Waals surface area contributed by atoms with Gasteiger partial charge in [0.25, 0.3) is 0 Å². The van der Waals surface area contributed by atoms with Crippen molar-refractivity contribution in [3.8, 4) is 0 Å². The fourth-order valence-corrected chi connectivity index (χ4v) is 3.31. The second-order valence-electron chi connectivity index (χ2n) is 5.98. The van der Waals surface area contributed by atoms with Gasteiger partial charge in [0, 0.05) is 51.1 Å². The minimum Gasteiger partial charge on any atom is -0.300 e. The van der Waals surface area contributed by atoms with E-state index in [1.54, 1.807) is 0 Å². The molecule has 0 radical (unpaired) electrons. The maximum atomic E-state index is 11.8. The van der Waals surface area contributed by atoms with Gasteiger partial charge in [-0.3, -0.25) is 9.69 Å². The zero-order valence-electron chi connectivity index (χ0n) is 10.7. The number of hydrogen-bond donors (Lipinski definition) is 0. The van der Waals surface area contributed by atoms with E-state index in [4.69, 9.17) is 0 Å². The van der Waals surface area contributed by atoms with Crippen LogP contribution in [-0.4, -0.2) is 54.3 Å². The largest absolute Gasteiger partial charge is 0.300 e. The molecule has 3 heteroatoms. The highest BCUT2D eigenvalue weighted by molar-refractivity contribution is 5.81. The normalized spacial score (nSPS) is 32.9. The Morgan fingerprint density at radius 1 is 1.00 bits per heavy atom. The van der Waals surface area contributed by atoms with Crippen LogP contribution in [0.3, 0.4) is 0 Å². The number of hydrogen-bond acceptors (Lipinski definition) is 3. The summed E-state index contributed by atoms with van der Waals surface area (Å²) in [4.78, 5) is 17.0. The number of nitrogens with zero attached hydrogens (tertiary/aromatic N) is 2. The summed E-state index contributed by atoms with van der Waals surface area (Å²) in [6.07, 6.45) is 7.21. The van der Waals surface area contributed by atoms with Crippen LogP contribution in [0.4, 0.5) is 0 Å². The Kier molecular flexibility index (Phi) is 3.48. The Morgan fingerprint density at radius 3 is 2.41 bits per heavy atom. The zero-order chi connectivity index (χ0) is 11.7. The molecule has 0 amide bonds. The van der Waals surface area contributed by atoms with E-state index in [2.05, 4.69) is 9.80 Å². The van der Waals surface area contributed by atoms with Gasteiger partial charge in [0.15, 0.2) is 0 Å². The molecule has 1 heterocycles. The summed E-state index contributed by atoms with van der Waals surface area (Å²) in [7, 11) is 0. The van der Waals surface area contributed by atoms with Gasteiger partial charge in [-0.25, -0.2) is 0 Å². The second-order valence-corrected chi connectivity index (χ2v) is 5.98. The lowest BCUT2D eigenvalue weighted by atomic mass is 9.87. The molecule has 0 spiro atoms. The molecular weight excluding hydrogens is 212 g/mol. The molecule has 1 unspecified atom stereocenters. The van der Waals surface area contributed by atoms with Gasteiger partial charge < -0.3 is 4.90 Å². The third-order valence-electron chi connectivity index (χ3n) is 4.63. The fraction of sp³-hybridized carbons (Fsp3) is 0.929. The average molecular weight is 236 g/mol. The maximum absolute atomic E-state index is 11.8. The predicted octanol–water partition coefficient (Wildman–Crippen LogP) is 1.53. The molecule has 3 nitrogen and oxygen atoms in total. The van der Waals surface area contributed by atoms with Crippen LogP contribution in [0.25, 0.3) is 0 Å². The summed E-state index contributed by atoms with van der Waals surface area (Å²) in [5, 5.41) is 0. The molecule has 0 N–H and O–H groups in total. The quantitative estimate of drug-likeness (QED) is 0.742. The number of carbonyl (C=O) groups excluding carboxylic acids is 1. The van der Waals surface area contributed by atoms with E-state index >= 15 is 0 Å². The summed E-state index contributed by atoms with van der Waals surface area (Å²) < 4.78 is 0. The van der Waals surface area contributed by atoms with E-state index in [9.17, 15) is 4.79 Å². The van der Waals surface area contributed by atoms with Crippen molar-refractivity contribution in [1.29, 1.82) is 0 Å². The average Bonchev–Trinajstić information content (AvgIpc) is 3.17. The Balaban J connectivity index is 1.44. The molecule has 0 aromatic heterocycles. The highest BCUT2D eigenvalue weighted by Crippen LogP contribution is 2.28. The van der Waals surface area contributed by atoms with Crippen molar-refractivity contribution in [2.75, 3.05) is 32.7 Å².